The molecule has 0 bridgehead atoms. The van der Waals surface area contributed by atoms with E-state index < -0.39 is 12.6 Å². The maximum atomic E-state index is 12.1. The van der Waals surface area contributed by atoms with Gasteiger partial charge in [-0.15, -0.1) is 0 Å². The molecule has 1 atom stereocenters. The third kappa shape index (κ3) is 7.97. The van der Waals surface area contributed by atoms with Crippen LogP contribution in [0.15, 0.2) is 29.3 Å². The largest absolute Gasteiger partial charge is 0.489 e. The lowest BCUT2D eigenvalue weighted by Gasteiger charge is -2.18. The first kappa shape index (κ1) is 18.4. The highest BCUT2D eigenvalue weighted by atomic mass is 35.5. The summed E-state index contributed by atoms with van der Waals surface area (Å²) in [5.41, 5.74) is 0. The summed E-state index contributed by atoms with van der Waals surface area (Å²) in [5, 5.41) is 6.07. The number of aliphatic imine (C=N–C) groups is 1. The molecule has 1 aromatic rings. The second kappa shape index (κ2) is 8.73. The van der Waals surface area contributed by atoms with Gasteiger partial charge in [-0.3, -0.25) is 4.99 Å². The van der Waals surface area contributed by atoms with Crippen molar-refractivity contribution in [2.24, 2.45) is 4.99 Å². The van der Waals surface area contributed by atoms with E-state index in [0.717, 1.165) is 0 Å². The third-order valence-electron chi connectivity index (χ3n) is 2.61. The van der Waals surface area contributed by atoms with Crippen LogP contribution in [0.5, 0.6) is 5.75 Å². The van der Waals surface area contributed by atoms with Crippen LogP contribution in [-0.4, -0.2) is 38.4 Å². The molecule has 0 spiro atoms. The number of guanidine groups is 1. The van der Waals surface area contributed by atoms with E-state index in [1.807, 2.05) is 6.92 Å². The average molecular weight is 338 g/mol. The smallest absolute Gasteiger partial charge is 0.390 e. The second-order valence-electron chi connectivity index (χ2n) is 4.63. The fourth-order valence-electron chi connectivity index (χ4n) is 1.60. The minimum Gasteiger partial charge on any atom is -0.489 e. The molecule has 0 fully saturated rings. The number of halogens is 4. The summed E-state index contributed by atoms with van der Waals surface area (Å²) in [6, 6.07) is 6.98. The van der Waals surface area contributed by atoms with Crippen molar-refractivity contribution in [3.05, 3.63) is 29.3 Å². The van der Waals surface area contributed by atoms with Crippen molar-refractivity contribution in [2.45, 2.75) is 25.6 Å². The Morgan fingerprint density at radius 2 is 2.09 bits per heavy atom. The van der Waals surface area contributed by atoms with Crippen LogP contribution in [-0.2, 0) is 0 Å². The topological polar surface area (TPSA) is 45.7 Å². The molecular weight excluding hydrogens is 319 g/mol. The number of alkyl halides is 3. The van der Waals surface area contributed by atoms with Crippen molar-refractivity contribution < 1.29 is 17.9 Å². The Kier molecular flexibility index (Phi) is 7.31. The average Bonchev–Trinajstić information content (AvgIpc) is 2.41. The van der Waals surface area contributed by atoms with Gasteiger partial charge in [0.05, 0.1) is 13.0 Å². The van der Waals surface area contributed by atoms with Crippen LogP contribution in [0.3, 0.4) is 0 Å². The zero-order valence-corrected chi connectivity index (χ0v) is 13.1. The Bertz CT molecular complexity index is 494. The first-order valence-electron chi connectivity index (χ1n) is 6.73. The fourth-order valence-corrected chi connectivity index (χ4v) is 1.78. The van der Waals surface area contributed by atoms with E-state index in [1.165, 1.54) is 7.05 Å². The Labute approximate surface area is 132 Å². The molecule has 2 N–H and O–H groups in total. The molecule has 8 heteroatoms. The monoisotopic (exact) mass is 337 g/mol. The minimum absolute atomic E-state index is 0.209. The lowest BCUT2D eigenvalue weighted by atomic mass is 10.3. The highest BCUT2D eigenvalue weighted by Gasteiger charge is 2.26. The summed E-state index contributed by atoms with van der Waals surface area (Å²) < 4.78 is 41.8. The van der Waals surface area contributed by atoms with Crippen molar-refractivity contribution >= 4 is 17.6 Å². The van der Waals surface area contributed by atoms with Crippen molar-refractivity contribution in [1.29, 1.82) is 0 Å². The van der Waals surface area contributed by atoms with Gasteiger partial charge in [0.25, 0.3) is 0 Å². The van der Waals surface area contributed by atoms with Gasteiger partial charge in [-0.05, 0) is 25.1 Å². The SMILES string of the molecule is CN=C(NCCC(F)(F)F)NCC(C)Oc1cccc(Cl)c1. The number of hydrogen-bond acceptors (Lipinski definition) is 2. The van der Waals surface area contributed by atoms with Crippen molar-refractivity contribution in [3.63, 3.8) is 0 Å². The quantitative estimate of drug-likeness (QED) is 0.619. The first-order valence-corrected chi connectivity index (χ1v) is 7.11. The van der Waals surface area contributed by atoms with Crippen LogP contribution in [0, 0.1) is 0 Å². The van der Waals surface area contributed by atoms with Gasteiger partial charge in [0, 0.05) is 18.6 Å². The van der Waals surface area contributed by atoms with E-state index in [0.29, 0.717) is 23.3 Å². The summed E-state index contributed by atoms with van der Waals surface area (Å²) in [6.07, 6.45) is -5.31. The molecule has 0 saturated carbocycles. The van der Waals surface area contributed by atoms with Crippen LogP contribution < -0.4 is 15.4 Å². The molecule has 0 amide bonds. The van der Waals surface area contributed by atoms with Crippen molar-refractivity contribution in [1.82, 2.24) is 10.6 Å². The minimum atomic E-state index is -4.19. The van der Waals surface area contributed by atoms with Gasteiger partial charge in [0.15, 0.2) is 5.96 Å². The molecule has 0 aliphatic rings. The predicted octanol–water partition coefficient (Wildman–Crippen LogP) is 3.22. The highest BCUT2D eigenvalue weighted by molar-refractivity contribution is 6.30. The summed E-state index contributed by atoms with van der Waals surface area (Å²) in [4.78, 5) is 3.85. The maximum absolute atomic E-state index is 12.1. The Morgan fingerprint density at radius 1 is 1.36 bits per heavy atom. The lowest BCUT2D eigenvalue weighted by Crippen LogP contribution is -2.42. The molecule has 124 valence electrons. The number of rotatable bonds is 6. The van der Waals surface area contributed by atoms with Crippen LogP contribution in [0.1, 0.15) is 13.3 Å². The summed E-state index contributed by atoms with van der Waals surface area (Å²) in [6.45, 7) is 1.99. The fraction of sp³-hybridized carbons (Fsp3) is 0.500. The Hall–Kier alpha value is -1.63. The van der Waals surface area contributed by atoms with E-state index in [2.05, 4.69) is 15.6 Å². The normalized spacial score (nSPS) is 13.6. The lowest BCUT2D eigenvalue weighted by molar-refractivity contribution is -0.132. The number of benzene rings is 1. The molecule has 1 aromatic carbocycles. The van der Waals surface area contributed by atoms with Gasteiger partial charge >= 0.3 is 6.18 Å². The number of nitrogens with zero attached hydrogens (tertiary/aromatic N) is 1. The molecule has 1 unspecified atom stereocenters. The van der Waals surface area contributed by atoms with Gasteiger partial charge in [-0.2, -0.15) is 13.2 Å². The zero-order chi connectivity index (χ0) is 16.6. The molecule has 0 radical (unpaired) electrons. The van der Waals surface area contributed by atoms with Gasteiger partial charge in [0.2, 0.25) is 0 Å². The molecular formula is C14H19ClF3N3O. The maximum Gasteiger partial charge on any atom is 0.390 e. The van der Waals surface area contributed by atoms with E-state index in [9.17, 15) is 13.2 Å². The van der Waals surface area contributed by atoms with Crippen molar-refractivity contribution in [2.75, 3.05) is 20.1 Å². The van der Waals surface area contributed by atoms with E-state index in [4.69, 9.17) is 16.3 Å². The van der Waals surface area contributed by atoms with E-state index in [1.54, 1.807) is 24.3 Å². The number of nitrogens with one attached hydrogen (secondary N) is 2. The van der Waals surface area contributed by atoms with Gasteiger partial charge in [-0.25, -0.2) is 0 Å². The molecule has 0 aromatic heterocycles. The molecule has 0 aliphatic carbocycles. The summed E-state index contributed by atoms with van der Waals surface area (Å²) >= 11 is 5.86. The van der Waals surface area contributed by atoms with E-state index >= 15 is 0 Å². The molecule has 0 aliphatic heterocycles. The summed E-state index contributed by atoms with van der Waals surface area (Å²) in [5.74, 6) is 0.924. The molecule has 0 saturated heterocycles. The number of hydrogen-bond donors (Lipinski definition) is 2. The standard InChI is InChI=1S/C14H19ClF3N3O/c1-10(22-12-5-3-4-11(15)8-12)9-21-13(19-2)20-7-6-14(16,17)18/h3-5,8,10H,6-7,9H2,1-2H3,(H2,19,20,21). The molecule has 1 rings (SSSR count). The second-order valence-corrected chi connectivity index (χ2v) is 5.07. The van der Waals surface area contributed by atoms with Crippen molar-refractivity contribution in [3.8, 4) is 5.75 Å². The van der Waals surface area contributed by atoms with Crippen LogP contribution in [0.25, 0.3) is 0 Å². The molecule has 0 heterocycles. The van der Waals surface area contributed by atoms with Gasteiger partial charge in [-0.1, -0.05) is 17.7 Å². The van der Waals surface area contributed by atoms with Gasteiger partial charge < -0.3 is 15.4 Å². The molecule has 4 nitrogen and oxygen atoms in total. The van der Waals surface area contributed by atoms with Crippen LogP contribution >= 0.6 is 11.6 Å². The number of ether oxygens (including phenoxy) is 1. The Morgan fingerprint density at radius 3 is 2.68 bits per heavy atom. The predicted molar refractivity (Wildman–Crippen MR) is 81.6 cm³/mol. The van der Waals surface area contributed by atoms with E-state index in [-0.39, 0.29) is 12.6 Å². The van der Waals surface area contributed by atoms with Crippen LogP contribution in [0.2, 0.25) is 5.02 Å². The summed E-state index contributed by atoms with van der Waals surface area (Å²) in [7, 11) is 1.49. The third-order valence-corrected chi connectivity index (χ3v) is 2.85. The first-order chi connectivity index (χ1) is 10.3. The Balaban J connectivity index is 2.33. The molecule has 22 heavy (non-hydrogen) atoms. The van der Waals surface area contributed by atoms with Crippen LogP contribution in [0.4, 0.5) is 13.2 Å². The zero-order valence-electron chi connectivity index (χ0n) is 12.4. The highest BCUT2D eigenvalue weighted by Crippen LogP contribution is 2.18. The van der Waals surface area contributed by atoms with Gasteiger partial charge in [0.1, 0.15) is 11.9 Å².